The first-order valence-corrected chi connectivity index (χ1v) is 16.1. The van der Waals surface area contributed by atoms with Crippen molar-refractivity contribution in [3.05, 3.63) is 101 Å². The maximum Gasteiger partial charge on any atom is 0.244 e. The second-order valence-corrected chi connectivity index (χ2v) is 13.0. The molecule has 0 saturated carbocycles. The fraction of sp³-hybridized carbons (Fsp3) is 0.375. The van der Waals surface area contributed by atoms with Gasteiger partial charge in [-0.25, -0.2) is 8.42 Å². The molecule has 1 N–H and O–H groups in total. The highest BCUT2D eigenvalue weighted by molar-refractivity contribution is 7.92. The van der Waals surface area contributed by atoms with E-state index >= 15 is 0 Å². The third-order valence-electron chi connectivity index (χ3n) is 7.04. The number of rotatable bonds is 13. The van der Waals surface area contributed by atoms with Crippen LogP contribution in [0.5, 0.6) is 0 Å². The zero-order chi connectivity index (χ0) is 30.2. The number of anilines is 1. The van der Waals surface area contributed by atoms with Crippen molar-refractivity contribution in [3.8, 4) is 0 Å². The van der Waals surface area contributed by atoms with E-state index in [2.05, 4.69) is 5.32 Å². The maximum atomic E-state index is 14.2. The minimum absolute atomic E-state index is 0.0304. The first kappa shape index (κ1) is 32.2. The van der Waals surface area contributed by atoms with E-state index in [-0.39, 0.29) is 30.8 Å². The summed E-state index contributed by atoms with van der Waals surface area (Å²) in [6.45, 7) is 7.50. The number of carbonyl (C=O) groups excluding carboxylic acids is 2. The molecule has 0 heterocycles. The van der Waals surface area contributed by atoms with Crippen LogP contribution in [0.25, 0.3) is 0 Å². The minimum atomic E-state index is -3.84. The molecule has 3 aromatic carbocycles. The highest BCUT2D eigenvalue weighted by atomic mass is 35.5. The van der Waals surface area contributed by atoms with Crippen LogP contribution in [0.3, 0.4) is 0 Å². The van der Waals surface area contributed by atoms with Crippen molar-refractivity contribution in [2.75, 3.05) is 17.1 Å². The normalized spacial score (nSPS) is 13.0. The van der Waals surface area contributed by atoms with E-state index in [4.69, 9.17) is 11.6 Å². The Balaban J connectivity index is 2.09. The zero-order valence-corrected chi connectivity index (χ0v) is 26.0. The summed E-state index contributed by atoms with van der Waals surface area (Å²) in [7, 11) is -3.84. The number of hydrogen-bond donors (Lipinski definition) is 1. The van der Waals surface area contributed by atoms with Crippen LogP contribution in [-0.2, 0) is 32.6 Å². The maximum absolute atomic E-state index is 14.2. The SMILES string of the molecule is CC[C@H](C)NC(=O)[C@@H](Cc1ccccc1)N(Cc1ccc(Cl)cc1)C(=O)CN(c1ccccc1C(C)C)S(C)(=O)=O. The summed E-state index contributed by atoms with van der Waals surface area (Å²) in [4.78, 5) is 29.5. The summed E-state index contributed by atoms with van der Waals surface area (Å²) in [6.07, 6.45) is 2.09. The second-order valence-electron chi connectivity index (χ2n) is 10.7. The van der Waals surface area contributed by atoms with Crippen molar-refractivity contribution in [2.45, 2.75) is 65.1 Å². The van der Waals surface area contributed by atoms with E-state index in [1.165, 1.54) is 4.90 Å². The molecule has 0 aromatic heterocycles. The molecular weight excluding hydrogens is 558 g/mol. The molecule has 2 amide bonds. The Hall–Kier alpha value is -3.36. The molecule has 7 nitrogen and oxygen atoms in total. The van der Waals surface area contributed by atoms with Crippen molar-refractivity contribution in [3.63, 3.8) is 0 Å². The molecule has 3 aromatic rings. The Kier molecular flexibility index (Phi) is 11.4. The third-order valence-corrected chi connectivity index (χ3v) is 8.42. The Labute approximate surface area is 249 Å². The van der Waals surface area contributed by atoms with Gasteiger partial charge in [-0.3, -0.25) is 13.9 Å². The number of amides is 2. The van der Waals surface area contributed by atoms with E-state index in [0.717, 1.165) is 33.7 Å². The van der Waals surface area contributed by atoms with Crippen LogP contribution in [0.1, 0.15) is 56.7 Å². The fourth-order valence-electron chi connectivity index (χ4n) is 4.58. The van der Waals surface area contributed by atoms with E-state index in [0.29, 0.717) is 10.7 Å². The van der Waals surface area contributed by atoms with Crippen molar-refractivity contribution < 1.29 is 18.0 Å². The van der Waals surface area contributed by atoms with E-state index in [1.54, 1.807) is 36.4 Å². The highest BCUT2D eigenvalue weighted by Gasteiger charge is 2.34. The van der Waals surface area contributed by atoms with Crippen LogP contribution in [0, 0.1) is 0 Å². The molecule has 0 unspecified atom stereocenters. The summed E-state index contributed by atoms with van der Waals surface area (Å²) in [5.41, 5.74) is 2.92. The van der Waals surface area contributed by atoms with Gasteiger partial charge in [0.15, 0.2) is 0 Å². The summed E-state index contributed by atoms with van der Waals surface area (Å²) in [5, 5.41) is 3.59. The molecule has 0 fully saturated rings. The quantitative estimate of drug-likeness (QED) is 0.270. The molecule has 0 aliphatic heterocycles. The zero-order valence-electron chi connectivity index (χ0n) is 24.4. The molecule has 3 rings (SSSR count). The number of benzene rings is 3. The first-order valence-electron chi connectivity index (χ1n) is 13.9. The number of carbonyl (C=O) groups is 2. The van der Waals surface area contributed by atoms with Gasteiger partial charge in [-0.15, -0.1) is 0 Å². The summed E-state index contributed by atoms with van der Waals surface area (Å²) in [5.74, 6) is -0.744. The standard InChI is InChI=1S/C32H40ClN3O4S/c1-6-24(4)34-32(38)30(20-25-12-8-7-9-13-25)35(21-26-16-18-27(33)19-17-26)31(37)22-36(41(5,39)40)29-15-11-10-14-28(29)23(2)3/h7-19,23-24,30H,6,20-22H2,1-5H3,(H,34,38)/t24-,30+/m0/s1. The first-order chi connectivity index (χ1) is 19.4. The highest BCUT2D eigenvalue weighted by Crippen LogP contribution is 2.29. The monoisotopic (exact) mass is 597 g/mol. The molecule has 9 heteroatoms. The predicted octanol–water partition coefficient (Wildman–Crippen LogP) is 5.78. The Morgan fingerprint density at radius 3 is 2.07 bits per heavy atom. The molecule has 0 bridgehead atoms. The van der Waals surface area contributed by atoms with Crippen LogP contribution in [0.4, 0.5) is 5.69 Å². The number of nitrogens with one attached hydrogen (secondary N) is 1. The van der Waals surface area contributed by atoms with Crippen molar-refractivity contribution in [1.29, 1.82) is 0 Å². The Morgan fingerprint density at radius 2 is 1.49 bits per heavy atom. The molecule has 0 aliphatic rings. The van der Waals surface area contributed by atoms with Crippen molar-refractivity contribution in [1.82, 2.24) is 10.2 Å². The van der Waals surface area contributed by atoms with Gasteiger partial charge in [0, 0.05) is 24.0 Å². The van der Waals surface area contributed by atoms with E-state index in [9.17, 15) is 18.0 Å². The van der Waals surface area contributed by atoms with Gasteiger partial charge in [0.1, 0.15) is 12.6 Å². The largest absolute Gasteiger partial charge is 0.352 e. The van der Waals surface area contributed by atoms with Gasteiger partial charge in [-0.05, 0) is 54.2 Å². The number of nitrogens with zero attached hydrogens (tertiary/aromatic N) is 2. The van der Waals surface area contributed by atoms with Gasteiger partial charge in [0.05, 0.1) is 11.9 Å². The summed E-state index contributed by atoms with van der Waals surface area (Å²) >= 11 is 6.11. The van der Waals surface area contributed by atoms with Gasteiger partial charge in [-0.1, -0.05) is 93.0 Å². The van der Waals surface area contributed by atoms with Gasteiger partial charge >= 0.3 is 0 Å². The molecule has 0 aliphatic carbocycles. The lowest BCUT2D eigenvalue weighted by Gasteiger charge is -2.34. The van der Waals surface area contributed by atoms with E-state index < -0.39 is 28.5 Å². The summed E-state index contributed by atoms with van der Waals surface area (Å²) < 4.78 is 27.3. The van der Waals surface area contributed by atoms with Crippen LogP contribution >= 0.6 is 11.6 Å². The third kappa shape index (κ3) is 9.07. The molecule has 2 atom stereocenters. The number of para-hydroxylation sites is 1. The second kappa shape index (κ2) is 14.5. The number of hydrogen-bond acceptors (Lipinski definition) is 4. The number of halogens is 1. The minimum Gasteiger partial charge on any atom is -0.352 e. The van der Waals surface area contributed by atoms with Crippen LogP contribution < -0.4 is 9.62 Å². The van der Waals surface area contributed by atoms with Gasteiger partial charge in [0.25, 0.3) is 0 Å². The van der Waals surface area contributed by atoms with Gasteiger partial charge < -0.3 is 10.2 Å². The van der Waals surface area contributed by atoms with E-state index in [1.807, 2.05) is 70.2 Å². The lowest BCUT2D eigenvalue weighted by Crippen LogP contribution is -2.54. The smallest absolute Gasteiger partial charge is 0.244 e. The van der Waals surface area contributed by atoms with Crippen molar-refractivity contribution >= 4 is 39.1 Å². The van der Waals surface area contributed by atoms with Crippen molar-refractivity contribution in [2.24, 2.45) is 0 Å². The lowest BCUT2D eigenvalue weighted by molar-refractivity contribution is -0.140. The fourth-order valence-corrected chi connectivity index (χ4v) is 5.57. The molecule has 41 heavy (non-hydrogen) atoms. The predicted molar refractivity (Wildman–Crippen MR) is 167 cm³/mol. The van der Waals surface area contributed by atoms with Crippen LogP contribution in [0.15, 0.2) is 78.9 Å². The molecule has 0 radical (unpaired) electrons. The topological polar surface area (TPSA) is 86.8 Å². The Bertz CT molecular complexity index is 1410. The molecule has 220 valence electrons. The van der Waals surface area contributed by atoms with Gasteiger partial charge in [0.2, 0.25) is 21.8 Å². The van der Waals surface area contributed by atoms with Gasteiger partial charge in [-0.2, -0.15) is 0 Å². The Morgan fingerprint density at radius 1 is 0.878 bits per heavy atom. The summed E-state index contributed by atoms with van der Waals surface area (Å²) in [6, 6.07) is 22.8. The average molecular weight is 598 g/mol. The molecule has 0 saturated heterocycles. The lowest BCUT2D eigenvalue weighted by atomic mass is 10.0. The average Bonchev–Trinajstić information content (AvgIpc) is 2.94. The van der Waals surface area contributed by atoms with Crippen LogP contribution in [0.2, 0.25) is 5.02 Å². The number of sulfonamides is 1. The molecule has 0 spiro atoms. The van der Waals surface area contributed by atoms with Crippen LogP contribution in [-0.4, -0.2) is 50.0 Å². The molecular formula is C32H40ClN3O4S.